The lowest BCUT2D eigenvalue weighted by molar-refractivity contribution is -0.126. The lowest BCUT2D eigenvalue weighted by Gasteiger charge is -2.31. The Labute approximate surface area is 163 Å². The zero-order chi connectivity index (χ0) is 19.9. The molecular formula is C21H24FN3O3. The molecule has 1 aliphatic rings. The molecule has 2 aromatic rings. The number of ether oxygens (including phenoxy) is 1. The number of benzene rings is 1. The smallest absolute Gasteiger partial charge is 0.253 e. The van der Waals surface area contributed by atoms with E-state index in [0.717, 1.165) is 5.56 Å². The summed E-state index contributed by atoms with van der Waals surface area (Å²) in [6.07, 6.45) is 2.86. The van der Waals surface area contributed by atoms with Crippen LogP contribution >= 0.6 is 0 Å². The second kappa shape index (κ2) is 9.30. The fourth-order valence-corrected chi connectivity index (χ4v) is 3.27. The molecule has 7 heteroatoms. The van der Waals surface area contributed by atoms with Gasteiger partial charge in [-0.15, -0.1) is 0 Å². The van der Waals surface area contributed by atoms with Crippen LogP contribution < -0.4 is 10.1 Å². The summed E-state index contributed by atoms with van der Waals surface area (Å²) >= 11 is 0. The van der Waals surface area contributed by atoms with Crippen molar-refractivity contribution >= 4 is 11.8 Å². The van der Waals surface area contributed by atoms with Crippen LogP contribution in [0.3, 0.4) is 0 Å². The van der Waals surface area contributed by atoms with Crippen molar-refractivity contribution in [2.75, 3.05) is 19.7 Å². The number of rotatable bonds is 6. The highest BCUT2D eigenvalue weighted by Gasteiger charge is 2.27. The molecule has 0 bridgehead atoms. The summed E-state index contributed by atoms with van der Waals surface area (Å²) in [4.78, 5) is 30.9. The Bertz CT molecular complexity index is 818. The number of amides is 2. The van der Waals surface area contributed by atoms with E-state index in [-0.39, 0.29) is 23.5 Å². The standard InChI is InChI=1S/C21H24FN3O3/c1-2-28-20-17(4-3-11-23-20)14-24-19(26)15-9-12-25(13-10-15)21(27)16-5-7-18(22)8-6-16/h3-8,11,15H,2,9-10,12-14H2,1H3,(H,24,26). The molecule has 1 saturated heterocycles. The van der Waals surface area contributed by atoms with Crippen molar-refractivity contribution in [2.24, 2.45) is 5.92 Å². The van der Waals surface area contributed by atoms with Crippen LogP contribution in [0.4, 0.5) is 4.39 Å². The summed E-state index contributed by atoms with van der Waals surface area (Å²) in [6, 6.07) is 9.22. The summed E-state index contributed by atoms with van der Waals surface area (Å²) in [5.41, 5.74) is 1.30. The lowest BCUT2D eigenvalue weighted by Crippen LogP contribution is -2.43. The maximum atomic E-state index is 13.0. The molecule has 0 atom stereocenters. The minimum atomic E-state index is -0.368. The van der Waals surface area contributed by atoms with E-state index in [1.165, 1.54) is 24.3 Å². The van der Waals surface area contributed by atoms with Gasteiger partial charge in [-0.3, -0.25) is 9.59 Å². The van der Waals surface area contributed by atoms with Crippen molar-refractivity contribution in [3.8, 4) is 5.88 Å². The summed E-state index contributed by atoms with van der Waals surface area (Å²) in [6.45, 7) is 3.77. The average Bonchev–Trinajstić information content (AvgIpc) is 2.73. The zero-order valence-corrected chi connectivity index (χ0v) is 15.9. The van der Waals surface area contributed by atoms with E-state index in [0.29, 0.717) is 50.5 Å². The second-order valence-electron chi connectivity index (χ2n) is 6.69. The first kappa shape index (κ1) is 19.8. The van der Waals surface area contributed by atoms with Crippen molar-refractivity contribution in [3.05, 3.63) is 59.5 Å². The van der Waals surface area contributed by atoms with Crippen molar-refractivity contribution < 1.29 is 18.7 Å². The van der Waals surface area contributed by atoms with Crippen LogP contribution in [0.2, 0.25) is 0 Å². The molecule has 6 nitrogen and oxygen atoms in total. The topological polar surface area (TPSA) is 71.5 Å². The van der Waals surface area contributed by atoms with Crippen LogP contribution in [0.25, 0.3) is 0 Å². The number of pyridine rings is 1. The van der Waals surface area contributed by atoms with Crippen LogP contribution in [0.5, 0.6) is 5.88 Å². The van der Waals surface area contributed by atoms with Crippen molar-refractivity contribution in [3.63, 3.8) is 0 Å². The van der Waals surface area contributed by atoms with Gasteiger partial charge in [0.15, 0.2) is 0 Å². The van der Waals surface area contributed by atoms with E-state index >= 15 is 0 Å². The van der Waals surface area contributed by atoms with Gasteiger partial charge >= 0.3 is 0 Å². The molecule has 1 aromatic heterocycles. The first-order valence-corrected chi connectivity index (χ1v) is 9.47. The molecule has 3 rings (SSSR count). The monoisotopic (exact) mass is 385 g/mol. The number of carbonyl (C=O) groups excluding carboxylic acids is 2. The normalized spacial score (nSPS) is 14.6. The van der Waals surface area contributed by atoms with E-state index in [9.17, 15) is 14.0 Å². The fraction of sp³-hybridized carbons (Fsp3) is 0.381. The molecule has 1 N–H and O–H groups in total. The molecule has 2 heterocycles. The van der Waals surface area contributed by atoms with Gasteiger partial charge in [0, 0.05) is 42.9 Å². The second-order valence-corrected chi connectivity index (χ2v) is 6.69. The number of aromatic nitrogens is 1. The van der Waals surface area contributed by atoms with Gasteiger partial charge in [-0.05, 0) is 50.1 Å². The van der Waals surface area contributed by atoms with Gasteiger partial charge in [0.1, 0.15) is 5.82 Å². The van der Waals surface area contributed by atoms with Crippen LogP contribution in [0, 0.1) is 11.7 Å². The zero-order valence-electron chi connectivity index (χ0n) is 15.9. The number of piperidine rings is 1. The SMILES string of the molecule is CCOc1ncccc1CNC(=O)C1CCN(C(=O)c2ccc(F)cc2)CC1. The van der Waals surface area contributed by atoms with E-state index in [2.05, 4.69) is 10.3 Å². The van der Waals surface area contributed by atoms with Gasteiger partial charge in [-0.1, -0.05) is 6.07 Å². The molecule has 1 aromatic carbocycles. The predicted molar refractivity (Wildman–Crippen MR) is 102 cm³/mol. The molecule has 0 radical (unpaired) electrons. The number of hydrogen-bond acceptors (Lipinski definition) is 4. The predicted octanol–water partition coefficient (Wildman–Crippen LogP) is 2.79. The van der Waals surface area contributed by atoms with Crippen molar-refractivity contribution in [1.82, 2.24) is 15.2 Å². The van der Waals surface area contributed by atoms with Crippen LogP contribution in [-0.2, 0) is 11.3 Å². The molecule has 1 fully saturated rings. The van der Waals surface area contributed by atoms with Gasteiger partial charge in [0.25, 0.3) is 5.91 Å². The molecule has 2 amide bonds. The molecule has 1 aliphatic heterocycles. The first-order chi connectivity index (χ1) is 13.6. The summed E-state index contributed by atoms with van der Waals surface area (Å²) in [7, 11) is 0. The number of hydrogen-bond donors (Lipinski definition) is 1. The quantitative estimate of drug-likeness (QED) is 0.830. The third kappa shape index (κ3) is 4.85. The molecule has 0 unspecified atom stereocenters. The van der Waals surface area contributed by atoms with Crippen LogP contribution in [0.15, 0.2) is 42.6 Å². The molecule has 0 aliphatic carbocycles. The Morgan fingerprint density at radius 1 is 1.21 bits per heavy atom. The van der Waals surface area contributed by atoms with Crippen LogP contribution in [0.1, 0.15) is 35.7 Å². The number of halogens is 1. The Morgan fingerprint density at radius 2 is 1.93 bits per heavy atom. The fourth-order valence-electron chi connectivity index (χ4n) is 3.27. The largest absolute Gasteiger partial charge is 0.478 e. The number of carbonyl (C=O) groups is 2. The highest BCUT2D eigenvalue weighted by atomic mass is 19.1. The van der Waals surface area contributed by atoms with E-state index in [4.69, 9.17) is 4.74 Å². The summed E-state index contributed by atoms with van der Waals surface area (Å²) < 4.78 is 18.5. The third-order valence-electron chi connectivity index (χ3n) is 4.83. The molecule has 0 saturated carbocycles. The lowest BCUT2D eigenvalue weighted by atomic mass is 9.95. The van der Waals surface area contributed by atoms with E-state index < -0.39 is 0 Å². The van der Waals surface area contributed by atoms with Crippen molar-refractivity contribution in [1.29, 1.82) is 0 Å². The average molecular weight is 385 g/mol. The minimum absolute atomic E-state index is 0.0276. The Balaban J connectivity index is 1.50. The summed E-state index contributed by atoms with van der Waals surface area (Å²) in [5, 5.41) is 2.95. The van der Waals surface area contributed by atoms with E-state index in [1.54, 1.807) is 11.1 Å². The number of nitrogens with zero attached hydrogens (tertiary/aromatic N) is 2. The Morgan fingerprint density at radius 3 is 2.61 bits per heavy atom. The van der Waals surface area contributed by atoms with E-state index in [1.807, 2.05) is 19.1 Å². The third-order valence-corrected chi connectivity index (χ3v) is 4.83. The minimum Gasteiger partial charge on any atom is -0.478 e. The first-order valence-electron chi connectivity index (χ1n) is 9.47. The van der Waals surface area contributed by atoms with Crippen molar-refractivity contribution in [2.45, 2.75) is 26.3 Å². The number of likely N-dealkylation sites (tertiary alicyclic amines) is 1. The van der Waals surface area contributed by atoms with Gasteiger partial charge < -0.3 is 15.0 Å². The molecule has 148 valence electrons. The summed E-state index contributed by atoms with van der Waals surface area (Å²) in [5.74, 6) is -0.127. The maximum Gasteiger partial charge on any atom is 0.253 e. The molecule has 28 heavy (non-hydrogen) atoms. The van der Waals surface area contributed by atoms with Gasteiger partial charge in [-0.2, -0.15) is 0 Å². The Hall–Kier alpha value is -2.96. The van der Waals surface area contributed by atoms with Gasteiger partial charge in [0.05, 0.1) is 6.61 Å². The Kier molecular flexibility index (Phi) is 6.57. The highest BCUT2D eigenvalue weighted by molar-refractivity contribution is 5.94. The highest BCUT2D eigenvalue weighted by Crippen LogP contribution is 2.20. The molecular weight excluding hydrogens is 361 g/mol. The van der Waals surface area contributed by atoms with Gasteiger partial charge in [0.2, 0.25) is 11.8 Å². The van der Waals surface area contributed by atoms with Gasteiger partial charge in [-0.25, -0.2) is 9.37 Å². The molecule has 0 spiro atoms. The van der Waals surface area contributed by atoms with Crippen LogP contribution in [-0.4, -0.2) is 41.4 Å². The maximum absolute atomic E-state index is 13.0. The number of nitrogens with one attached hydrogen (secondary N) is 1.